The van der Waals surface area contributed by atoms with E-state index in [0.29, 0.717) is 0 Å². The van der Waals surface area contributed by atoms with Crippen molar-refractivity contribution in [1.82, 2.24) is 19.8 Å². The van der Waals surface area contributed by atoms with Crippen LogP contribution < -0.4 is 5.32 Å². The standard InChI is InChI=1S/C22H23BrN4S/c1-4-26-21(20(25-22(26)28)18-10-7-8-12-24-18)16-13-14(2)27(15(16)3)19-11-6-5-9-17(19)23/h5-13,20-21H,4H2,1-3H3,(H,25,28)/t20-,21-/m1/s1. The van der Waals surface area contributed by atoms with Crippen LogP contribution in [-0.4, -0.2) is 26.1 Å². The molecule has 2 atom stereocenters. The average Bonchev–Trinajstić information content (AvgIpc) is 3.18. The molecule has 4 nitrogen and oxygen atoms in total. The minimum Gasteiger partial charge on any atom is -0.352 e. The lowest BCUT2D eigenvalue weighted by atomic mass is 9.97. The van der Waals surface area contributed by atoms with Gasteiger partial charge in [0.25, 0.3) is 0 Å². The summed E-state index contributed by atoms with van der Waals surface area (Å²) in [4.78, 5) is 6.87. The summed E-state index contributed by atoms with van der Waals surface area (Å²) < 4.78 is 3.39. The lowest BCUT2D eigenvalue weighted by Crippen LogP contribution is -2.29. The van der Waals surface area contributed by atoms with Gasteiger partial charge in [-0.3, -0.25) is 4.98 Å². The largest absolute Gasteiger partial charge is 0.352 e. The summed E-state index contributed by atoms with van der Waals surface area (Å²) in [6.45, 7) is 7.34. The highest BCUT2D eigenvalue weighted by atomic mass is 79.9. The number of aromatic nitrogens is 2. The molecule has 28 heavy (non-hydrogen) atoms. The van der Waals surface area contributed by atoms with Crippen molar-refractivity contribution in [1.29, 1.82) is 0 Å². The third kappa shape index (κ3) is 3.14. The Kier molecular flexibility index (Phi) is 5.25. The molecule has 1 aromatic carbocycles. The van der Waals surface area contributed by atoms with Crippen molar-refractivity contribution >= 4 is 33.3 Å². The van der Waals surface area contributed by atoms with Gasteiger partial charge in [-0.2, -0.15) is 0 Å². The number of hydrogen-bond donors (Lipinski definition) is 1. The molecular weight excluding hydrogens is 432 g/mol. The van der Waals surface area contributed by atoms with E-state index in [1.807, 2.05) is 24.4 Å². The normalized spacial score (nSPS) is 19.1. The maximum atomic E-state index is 5.66. The molecule has 1 aliphatic heterocycles. The van der Waals surface area contributed by atoms with Crippen molar-refractivity contribution in [2.75, 3.05) is 6.54 Å². The number of rotatable bonds is 4. The monoisotopic (exact) mass is 454 g/mol. The van der Waals surface area contributed by atoms with Crippen molar-refractivity contribution in [2.24, 2.45) is 0 Å². The van der Waals surface area contributed by atoms with Crippen LogP contribution in [0.1, 0.15) is 41.7 Å². The van der Waals surface area contributed by atoms with E-state index in [2.05, 4.69) is 86.8 Å². The van der Waals surface area contributed by atoms with E-state index in [9.17, 15) is 0 Å². The number of pyridine rings is 1. The SMILES string of the molecule is CCN1C(=S)N[C@H](c2ccccn2)[C@H]1c1cc(C)n(-c2ccccc2Br)c1C. The number of nitrogens with one attached hydrogen (secondary N) is 1. The molecule has 0 unspecified atom stereocenters. The minimum atomic E-state index is 0.0295. The molecule has 0 aliphatic carbocycles. The molecular formula is C22H23BrN4S. The Hall–Kier alpha value is -2.18. The van der Waals surface area contributed by atoms with Crippen LogP contribution in [0.25, 0.3) is 5.69 Å². The van der Waals surface area contributed by atoms with E-state index >= 15 is 0 Å². The summed E-state index contributed by atoms with van der Waals surface area (Å²) in [5.74, 6) is 0. The summed E-state index contributed by atoms with van der Waals surface area (Å²) in [5, 5.41) is 4.29. The molecule has 0 radical (unpaired) electrons. The molecule has 4 rings (SSSR count). The third-order valence-corrected chi connectivity index (χ3v) is 6.44. The second kappa shape index (κ2) is 7.68. The highest BCUT2D eigenvalue weighted by Gasteiger charge is 2.40. The summed E-state index contributed by atoms with van der Waals surface area (Å²) >= 11 is 9.37. The second-order valence-electron chi connectivity index (χ2n) is 7.03. The molecule has 0 amide bonds. The molecule has 3 heterocycles. The Morgan fingerprint density at radius 2 is 1.89 bits per heavy atom. The van der Waals surface area contributed by atoms with Gasteiger partial charge < -0.3 is 14.8 Å². The Bertz CT molecular complexity index is 1010. The van der Waals surface area contributed by atoms with Gasteiger partial charge >= 0.3 is 0 Å². The number of nitrogens with zero attached hydrogens (tertiary/aromatic N) is 3. The fraction of sp³-hybridized carbons (Fsp3) is 0.273. The summed E-state index contributed by atoms with van der Waals surface area (Å²) in [6, 6.07) is 16.8. The fourth-order valence-electron chi connectivity index (χ4n) is 4.18. The van der Waals surface area contributed by atoms with Gasteiger partial charge in [-0.15, -0.1) is 0 Å². The molecule has 1 aliphatic rings. The zero-order valence-corrected chi connectivity index (χ0v) is 18.6. The molecule has 1 fully saturated rings. The molecule has 6 heteroatoms. The van der Waals surface area contributed by atoms with E-state index in [1.165, 1.54) is 17.0 Å². The van der Waals surface area contributed by atoms with Crippen LogP contribution in [0.15, 0.2) is 59.2 Å². The number of hydrogen-bond acceptors (Lipinski definition) is 2. The first-order valence-corrected chi connectivity index (χ1v) is 10.6. The first kappa shape index (κ1) is 19.2. The predicted molar refractivity (Wildman–Crippen MR) is 121 cm³/mol. The predicted octanol–water partition coefficient (Wildman–Crippen LogP) is 5.24. The van der Waals surface area contributed by atoms with Gasteiger partial charge in [0.05, 0.1) is 23.5 Å². The lowest BCUT2D eigenvalue weighted by molar-refractivity contribution is 0.329. The number of likely N-dealkylation sites (N-methyl/N-ethyl adjacent to an activating group) is 1. The quantitative estimate of drug-likeness (QED) is 0.546. The first-order chi connectivity index (χ1) is 13.5. The van der Waals surface area contributed by atoms with Crippen molar-refractivity contribution in [3.63, 3.8) is 0 Å². The highest BCUT2D eigenvalue weighted by molar-refractivity contribution is 9.10. The Morgan fingerprint density at radius 1 is 1.14 bits per heavy atom. The van der Waals surface area contributed by atoms with Crippen LogP contribution >= 0.6 is 28.1 Å². The lowest BCUT2D eigenvalue weighted by Gasteiger charge is -2.27. The van der Waals surface area contributed by atoms with E-state index in [4.69, 9.17) is 12.2 Å². The van der Waals surface area contributed by atoms with E-state index in [1.54, 1.807) is 0 Å². The summed E-state index contributed by atoms with van der Waals surface area (Å²) in [5.41, 5.74) is 5.86. The van der Waals surface area contributed by atoms with E-state index in [-0.39, 0.29) is 12.1 Å². The summed E-state index contributed by atoms with van der Waals surface area (Å²) in [7, 11) is 0. The van der Waals surface area contributed by atoms with Crippen molar-refractivity contribution < 1.29 is 0 Å². The summed E-state index contributed by atoms with van der Waals surface area (Å²) in [6.07, 6.45) is 1.84. The van der Waals surface area contributed by atoms with Crippen LogP contribution in [0.2, 0.25) is 0 Å². The molecule has 0 spiro atoms. The zero-order valence-electron chi connectivity index (χ0n) is 16.2. The number of halogens is 1. The third-order valence-electron chi connectivity index (χ3n) is 5.42. The van der Waals surface area contributed by atoms with Crippen LogP contribution in [0, 0.1) is 13.8 Å². The average molecular weight is 455 g/mol. The molecule has 1 N–H and O–H groups in total. The van der Waals surface area contributed by atoms with Crippen LogP contribution in [0.4, 0.5) is 0 Å². The van der Waals surface area contributed by atoms with Gasteiger partial charge in [0, 0.05) is 28.6 Å². The minimum absolute atomic E-state index is 0.0295. The first-order valence-electron chi connectivity index (χ1n) is 9.44. The Balaban J connectivity index is 1.85. The Labute approximate surface area is 179 Å². The van der Waals surface area contributed by atoms with E-state index in [0.717, 1.165) is 27.5 Å². The van der Waals surface area contributed by atoms with Gasteiger partial charge in [0.2, 0.25) is 0 Å². The van der Waals surface area contributed by atoms with Crippen LogP contribution in [0.3, 0.4) is 0 Å². The number of thiocarbonyl (C=S) groups is 1. The van der Waals surface area contributed by atoms with Crippen LogP contribution in [0.5, 0.6) is 0 Å². The molecule has 1 saturated heterocycles. The maximum absolute atomic E-state index is 5.66. The van der Waals surface area contributed by atoms with Crippen molar-refractivity contribution in [3.05, 3.63) is 81.8 Å². The second-order valence-corrected chi connectivity index (χ2v) is 8.27. The topological polar surface area (TPSA) is 33.1 Å². The van der Waals surface area contributed by atoms with Crippen molar-refractivity contribution in [2.45, 2.75) is 32.9 Å². The maximum Gasteiger partial charge on any atom is 0.170 e. The van der Waals surface area contributed by atoms with Gasteiger partial charge in [0.1, 0.15) is 0 Å². The van der Waals surface area contributed by atoms with Crippen molar-refractivity contribution in [3.8, 4) is 5.69 Å². The van der Waals surface area contributed by atoms with Gasteiger partial charge in [-0.25, -0.2) is 0 Å². The molecule has 0 saturated carbocycles. The smallest absolute Gasteiger partial charge is 0.170 e. The van der Waals surface area contributed by atoms with Gasteiger partial charge in [0.15, 0.2) is 5.11 Å². The van der Waals surface area contributed by atoms with Crippen LogP contribution in [-0.2, 0) is 0 Å². The van der Waals surface area contributed by atoms with Gasteiger partial charge in [-0.1, -0.05) is 18.2 Å². The number of para-hydroxylation sites is 1. The molecule has 144 valence electrons. The Morgan fingerprint density at radius 3 is 2.57 bits per heavy atom. The van der Waals surface area contributed by atoms with Gasteiger partial charge in [-0.05, 0) is 84.8 Å². The highest BCUT2D eigenvalue weighted by Crippen LogP contribution is 2.41. The molecule has 2 aromatic heterocycles. The zero-order chi connectivity index (χ0) is 19.8. The fourth-order valence-corrected chi connectivity index (χ4v) is 5.01. The number of aryl methyl sites for hydroxylation is 1. The van der Waals surface area contributed by atoms with E-state index < -0.39 is 0 Å². The molecule has 3 aromatic rings. The molecule has 0 bridgehead atoms. The number of benzene rings is 1.